The topological polar surface area (TPSA) is 63.4 Å². The monoisotopic (exact) mass is 343 g/mol. The molecule has 3 heterocycles. The van der Waals surface area contributed by atoms with Crippen LogP contribution in [0.1, 0.15) is 29.3 Å². The lowest BCUT2D eigenvalue weighted by molar-refractivity contribution is 0.0758. The number of nitrogens with zero attached hydrogens (tertiary/aromatic N) is 5. The van der Waals surface area contributed by atoms with Crippen LogP contribution in [0.15, 0.2) is 35.5 Å². The molecule has 7 nitrogen and oxygen atoms in total. The minimum absolute atomic E-state index is 0.165. The molecular formula is C18H25N5O2. The third-order valence-electron chi connectivity index (χ3n) is 4.65. The Labute approximate surface area is 147 Å². The van der Waals surface area contributed by atoms with Gasteiger partial charge in [0.05, 0.1) is 6.20 Å². The largest absolute Gasteiger partial charge is 0.337 e. The molecule has 0 radical (unpaired) electrons. The second-order valence-corrected chi connectivity index (χ2v) is 6.46. The molecule has 0 unspecified atom stereocenters. The summed E-state index contributed by atoms with van der Waals surface area (Å²) in [6, 6.07) is 3.36. The molecule has 0 bridgehead atoms. The number of aromatic nitrogens is 3. The molecule has 0 N–H and O–H groups in total. The third-order valence-corrected chi connectivity index (χ3v) is 4.65. The number of carbonyl (C=O) groups is 1. The minimum atomic E-state index is -0.236. The van der Waals surface area contributed by atoms with Crippen LogP contribution in [0.3, 0.4) is 0 Å². The molecule has 0 atom stereocenters. The van der Waals surface area contributed by atoms with Crippen LogP contribution in [0, 0.1) is 0 Å². The fourth-order valence-electron chi connectivity index (χ4n) is 3.18. The van der Waals surface area contributed by atoms with Crippen molar-refractivity contribution >= 4 is 5.91 Å². The van der Waals surface area contributed by atoms with Crippen molar-refractivity contribution in [2.75, 3.05) is 26.2 Å². The van der Waals surface area contributed by atoms with Crippen LogP contribution in [0.2, 0.25) is 0 Å². The van der Waals surface area contributed by atoms with E-state index in [2.05, 4.69) is 23.1 Å². The first kappa shape index (κ1) is 17.4. The van der Waals surface area contributed by atoms with E-state index < -0.39 is 0 Å². The molecule has 0 spiro atoms. The highest BCUT2D eigenvalue weighted by atomic mass is 16.2. The molecule has 1 fully saturated rings. The average Bonchev–Trinajstić information content (AvgIpc) is 2.94. The van der Waals surface area contributed by atoms with E-state index in [0.29, 0.717) is 13.1 Å². The standard InChI is InChI=1S/C18H25N5O2/c1-3-23-14-15(12-19-23)13-21-8-5-9-22(11-10-21)18(25)16-6-4-7-20(2)17(16)24/h4,6-7,12,14H,3,5,8-11,13H2,1-2H3. The van der Waals surface area contributed by atoms with Gasteiger partial charge < -0.3 is 9.47 Å². The zero-order valence-electron chi connectivity index (χ0n) is 14.9. The predicted molar refractivity (Wildman–Crippen MR) is 95.4 cm³/mol. The quantitative estimate of drug-likeness (QED) is 0.829. The Morgan fingerprint density at radius 2 is 2.08 bits per heavy atom. The maximum atomic E-state index is 12.7. The SMILES string of the molecule is CCn1cc(CN2CCCN(C(=O)c3cccn(C)c3=O)CC2)cn1. The van der Waals surface area contributed by atoms with Crippen LogP contribution >= 0.6 is 0 Å². The predicted octanol–water partition coefficient (Wildman–Crippen LogP) is 0.950. The summed E-state index contributed by atoms with van der Waals surface area (Å²) in [5, 5.41) is 4.31. The van der Waals surface area contributed by atoms with Crippen LogP contribution in [-0.2, 0) is 20.1 Å². The lowest BCUT2D eigenvalue weighted by Gasteiger charge is -2.21. The Balaban J connectivity index is 1.64. The van der Waals surface area contributed by atoms with E-state index in [-0.39, 0.29) is 17.0 Å². The number of aryl methyl sites for hydroxylation is 2. The van der Waals surface area contributed by atoms with Crippen molar-refractivity contribution in [3.8, 4) is 0 Å². The van der Waals surface area contributed by atoms with Crippen LogP contribution in [0.25, 0.3) is 0 Å². The maximum Gasteiger partial charge on any atom is 0.263 e. The fraction of sp³-hybridized carbons (Fsp3) is 0.500. The Morgan fingerprint density at radius 3 is 2.84 bits per heavy atom. The fourth-order valence-corrected chi connectivity index (χ4v) is 3.18. The average molecular weight is 343 g/mol. The van der Waals surface area contributed by atoms with Crippen molar-refractivity contribution < 1.29 is 4.79 Å². The van der Waals surface area contributed by atoms with Crippen LogP contribution in [0.4, 0.5) is 0 Å². The summed E-state index contributed by atoms with van der Waals surface area (Å²) in [7, 11) is 1.67. The molecule has 1 amide bonds. The first-order valence-electron chi connectivity index (χ1n) is 8.77. The lowest BCUT2D eigenvalue weighted by Crippen LogP contribution is -2.38. The van der Waals surface area contributed by atoms with Gasteiger partial charge in [-0.25, -0.2) is 0 Å². The summed E-state index contributed by atoms with van der Waals surface area (Å²) in [5.74, 6) is -0.165. The minimum Gasteiger partial charge on any atom is -0.337 e. The van der Waals surface area contributed by atoms with E-state index >= 15 is 0 Å². The Hall–Kier alpha value is -2.41. The molecule has 0 aliphatic carbocycles. The maximum absolute atomic E-state index is 12.7. The van der Waals surface area contributed by atoms with Crippen molar-refractivity contribution in [2.24, 2.45) is 7.05 Å². The van der Waals surface area contributed by atoms with Crippen molar-refractivity contribution in [1.29, 1.82) is 0 Å². The number of hydrogen-bond acceptors (Lipinski definition) is 4. The smallest absolute Gasteiger partial charge is 0.263 e. The first-order valence-corrected chi connectivity index (χ1v) is 8.77. The molecule has 2 aromatic heterocycles. The van der Waals surface area contributed by atoms with Gasteiger partial charge in [-0.1, -0.05) is 0 Å². The van der Waals surface area contributed by atoms with Crippen molar-refractivity contribution in [3.63, 3.8) is 0 Å². The Kier molecular flexibility index (Phi) is 5.33. The molecular weight excluding hydrogens is 318 g/mol. The number of pyridine rings is 1. The molecule has 3 rings (SSSR count). The summed E-state index contributed by atoms with van der Waals surface area (Å²) in [4.78, 5) is 29.0. The number of rotatable bonds is 4. The molecule has 25 heavy (non-hydrogen) atoms. The van der Waals surface area contributed by atoms with Crippen molar-refractivity contribution in [2.45, 2.75) is 26.4 Å². The lowest BCUT2D eigenvalue weighted by atomic mass is 10.2. The van der Waals surface area contributed by atoms with Gasteiger partial charge in [0.15, 0.2) is 0 Å². The van der Waals surface area contributed by atoms with Gasteiger partial charge in [0.1, 0.15) is 5.56 Å². The highest BCUT2D eigenvalue weighted by molar-refractivity contribution is 5.93. The van der Waals surface area contributed by atoms with Gasteiger partial charge in [0.2, 0.25) is 0 Å². The molecule has 0 aromatic carbocycles. The normalized spacial score (nSPS) is 16.0. The summed E-state index contributed by atoms with van der Waals surface area (Å²) in [6.45, 7) is 6.84. The van der Waals surface area contributed by atoms with Gasteiger partial charge >= 0.3 is 0 Å². The Bertz CT molecular complexity index is 795. The van der Waals surface area contributed by atoms with Gasteiger partial charge in [-0.15, -0.1) is 0 Å². The highest BCUT2D eigenvalue weighted by Gasteiger charge is 2.22. The number of amides is 1. The molecule has 0 saturated carbocycles. The molecule has 1 saturated heterocycles. The van der Waals surface area contributed by atoms with E-state index in [9.17, 15) is 9.59 Å². The molecule has 1 aliphatic rings. The number of carbonyl (C=O) groups excluding carboxylic acids is 1. The summed E-state index contributed by atoms with van der Waals surface area (Å²) < 4.78 is 3.37. The van der Waals surface area contributed by atoms with E-state index in [1.165, 1.54) is 10.1 Å². The summed E-state index contributed by atoms with van der Waals surface area (Å²) in [5.41, 5.74) is 1.21. The number of hydrogen-bond donors (Lipinski definition) is 0. The van der Waals surface area contributed by atoms with Crippen LogP contribution in [-0.4, -0.2) is 56.2 Å². The first-order chi connectivity index (χ1) is 12.1. The van der Waals surface area contributed by atoms with Gasteiger partial charge in [0, 0.05) is 64.3 Å². The van der Waals surface area contributed by atoms with E-state index in [0.717, 1.165) is 32.6 Å². The van der Waals surface area contributed by atoms with Crippen molar-refractivity contribution in [3.05, 3.63) is 52.2 Å². The molecule has 2 aromatic rings. The Morgan fingerprint density at radius 1 is 1.24 bits per heavy atom. The second kappa shape index (κ2) is 7.65. The summed E-state index contributed by atoms with van der Waals surface area (Å²) >= 11 is 0. The molecule has 134 valence electrons. The zero-order valence-corrected chi connectivity index (χ0v) is 14.9. The van der Waals surface area contributed by atoms with Crippen molar-refractivity contribution in [1.82, 2.24) is 24.1 Å². The van der Waals surface area contributed by atoms with E-state index in [1.54, 1.807) is 30.3 Å². The van der Waals surface area contributed by atoms with E-state index in [1.807, 2.05) is 10.9 Å². The molecule has 1 aliphatic heterocycles. The third kappa shape index (κ3) is 3.99. The van der Waals surface area contributed by atoms with Gasteiger partial charge in [-0.05, 0) is 25.5 Å². The van der Waals surface area contributed by atoms with Gasteiger partial charge in [-0.2, -0.15) is 5.10 Å². The van der Waals surface area contributed by atoms with Crippen LogP contribution < -0.4 is 5.56 Å². The molecule has 7 heteroatoms. The highest BCUT2D eigenvalue weighted by Crippen LogP contribution is 2.10. The van der Waals surface area contributed by atoms with Gasteiger partial charge in [-0.3, -0.25) is 19.2 Å². The van der Waals surface area contributed by atoms with E-state index in [4.69, 9.17) is 0 Å². The zero-order chi connectivity index (χ0) is 17.8. The second-order valence-electron chi connectivity index (χ2n) is 6.46. The van der Waals surface area contributed by atoms with Crippen LogP contribution in [0.5, 0.6) is 0 Å². The summed E-state index contributed by atoms with van der Waals surface area (Å²) in [6.07, 6.45) is 6.55. The van der Waals surface area contributed by atoms with Gasteiger partial charge in [0.25, 0.3) is 11.5 Å².